The lowest BCUT2D eigenvalue weighted by molar-refractivity contribution is 0.0974. The molecule has 0 saturated heterocycles. The highest BCUT2D eigenvalue weighted by atomic mass is 32.1. The molecule has 5 heteroatoms. The molecule has 0 spiro atoms. The molecule has 0 unspecified atom stereocenters. The van der Waals surface area contributed by atoms with Gasteiger partial charge in [-0.1, -0.05) is 42.5 Å². The van der Waals surface area contributed by atoms with Crippen LogP contribution in [-0.4, -0.2) is 18.0 Å². The van der Waals surface area contributed by atoms with E-state index in [0.29, 0.717) is 11.3 Å². The number of nitrogens with zero attached hydrogens (tertiary/aromatic N) is 1. The zero-order valence-corrected chi connectivity index (χ0v) is 16.1. The Kier molecular flexibility index (Phi) is 5.17. The number of hydrogen-bond acceptors (Lipinski definition) is 4. The highest BCUT2D eigenvalue weighted by Crippen LogP contribution is 2.28. The molecule has 1 aromatic heterocycles. The van der Waals surface area contributed by atoms with Gasteiger partial charge in [-0.25, -0.2) is 4.98 Å². The third kappa shape index (κ3) is 3.94. The zero-order chi connectivity index (χ0) is 19.3. The van der Waals surface area contributed by atoms with Crippen LogP contribution in [0.3, 0.4) is 0 Å². The van der Waals surface area contributed by atoms with Gasteiger partial charge in [-0.05, 0) is 48.0 Å². The second kappa shape index (κ2) is 8.06. The predicted molar refractivity (Wildman–Crippen MR) is 114 cm³/mol. The molecule has 1 heterocycles. The number of aromatic nitrogens is 1. The van der Waals surface area contributed by atoms with Crippen LogP contribution in [0.2, 0.25) is 0 Å². The average molecular weight is 386 g/mol. The summed E-state index contributed by atoms with van der Waals surface area (Å²) in [6.45, 7) is 0. The molecule has 0 aliphatic rings. The van der Waals surface area contributed by atoms with Crippen molar-refractivity contribution in [3.63, 3.8) is 0 Å². The second-order valence-corrected chi connectivity index (χ2v) is 7.17. The summed E-state index contributed by atoms with van der Waals surface area (Å²) in [7, 11) is 1.63. The van der Waals surface area contributed by atoms with Gasteiger partial charge in [-0.2, -0.15) is 0 Å². The molecule has 28 heavy (non-hydrogen) atoms. The topological polar surface area (TPSA) is 51.2 Å². The molecule has 0 saturated carbocycles. The first kappa shape index (κ1) is 17.9. The fourth-order valence-electron chi connectivity index (χ4n) is 2.82. The fraction of sp³-hybridized carbons (Fsp3) is 0.0435. The maximum atomic E-state index is 12.8. The van der Waals surface area contributed by atoms with Gasteiger partial charge in [0, 0.05) is 5.56 Å². The van der Waals surface area contributed by atoms with Gasteiger partial charge in [0.05, 0.1) is 23.0 Å². The molecule has 0 aliphatic carbocycles. The number of rotatable bonds is 5. The number of thiazole rings is 1. The first-order valence-corrected chi connectivity index (χ1v) is 9.63. The van der Waals surface area contributed by atoms with Gasteiger partial charge in [-0.15, -0.1) is 11.3 Å². The number of methoxy groups -OCH3 is 1. The quantitative estimate of drug-likeness (QED) is 0.511. The summed E-state index contributed by atoms with van der Waals surface area (Å²) in [5.41, 5.74) is 3.08. The Morgan fingerprint density at radius 3 is 2.57 bits per heavy atom. The number of fused-ring (bicyclic) bond motifs is 1. The van der Waals surface area contributed by atoms with Crippen molar-refractivity contribution in [1.82, 2.24) is 10.3 Å². The Balaban J connectivity index is 1.75. The van der Waals surface area contributed by atoms with Crippen LogP contribution in [0.5, 0.6) is 5.75 Å². The van der Waals surface area contributed by atoms with Gasteiger partial charge in [0.25, 0.3) is 5.91 Å². The molecule has 138 valence electrons. The number of carbonyl (C=O) groups excluding carboxylic acids is 1. The molecule has 4 rings (SSSR count). The Hall–Kier alpha value is -3.44. The molecule has 1 N–H and O–H groups in total. The maximum Gasteiger partial charge on any atom is 0.255 e. The van der Waals surface area contributed by atoms with Crippen molar-refractivity contribution < 1.29 is 9.53 Å². The van der Waals surface area contributed by atoms with E-state index in [-0.39, 0.29) is 5.91 Å². The van der Waals surface area contributed by atoms with Gasteiger partial charge >= 0.3 is 0 Å². The Morgan fingerprint density at radius 1 is 1.00 bits per heavy atom. The summed E-state index contributed by atoms with van der Waals surface area (Å²) in [5.74, 6) is 0.584. The molecule has 3 aromatic carbocycles. The Morgan fingerprint density at radius 2 is 1.79 bits per heavy atom. The lowest BCUT2D eigenvalue weighted by atomic mass is 10.1. The Bertz CT molecular complexity index is 1120. The van der Waals surface area contributed by atoms with E-state index in [1.54, 1.807) is 30.6 Å². The average Bonchev–Trinajstić information content (AvgIpc) is 3.18. The molecule has 0 atom stereocenters. The van der Waals surface area contributed by atoms with E-state index >= 15 is 0 Å². The normalized spacial score (nSPS) is 11.4. The highest BCUT2D eigenvalue weighted by Gasteiger charge is 2.13. The highest BCUT2D eigenvalue weighted by molar-refractivity contribution is 7.19. The zero-order valence-electron chi connectivity index (χ0n) is 15.3. The van der Waals surface area contributed by atoms with Crippen molar-refractivity contribution in [3.8, 4) is 5.75 Å². The smallest absolute Gasteiger partial charge is 0.255 e. The first-order valence-electron chi connectivity index (χ1n) is 8.81. The summed E-state index contributed by atoms with van der Waals surface area (Å²) >= 11 is 1.55. The van der Waals surface area contributed by atoms with E-state index in [1.165, 1.54) is 0 Å². The monoisotopic (exact) mass is 386 g/mol. The summed E-state index contributed by atoms with van der Waals surface area (Å²) < 4.78 is 6.38. The lowest BCUT2D eigenvalue weighted by Gasteiger charge is -2.09. The molecule has 1 amide bonds. The van der Waals surface area contributed by atoms with Crippen molar-refractivity contribution >= 4 is 39.2 Å². The predicted octanol–water partition coefficient (Wildman–Crippen LogP) is 5.23. The van der Waals surface area contributed by atoms with E-state index in [0.717, 1.165) is 26.5 Å². The van der Waals surface area contributed by atoms with Crippen molar-refractivity contribution in [2.45, 2.75) is 0 Å². The van der Waals surface area contributed by atoms with Crippen LogP contribution in [0.1, 0.15) is 20.9 Å². The lowest BCUT2D eigenvalue weighted by Crippen LogP contribution is -2.21. The molecular formula is C23H18N2O2S. The molecule has 4 aromatic rings. The van der Waals surface area contributed by atoms with Crippen LogP contribution in [0.25, 0.3) is 22.0 Å². The number of benzene rings is 3. The van der Waals surface area contributed by atoms with Crippen LogP contribution in [-0.2, 0) is 0 Å². The van der Waals surface area contributed by atoms with E-state index in [4.69, 9.17) is 9.72 Å². The minimum atomic E-state index is -0.172. The maximum absolute atomic E-state index is 12.8. The number of hydrogen-bond donors (Lipinski definition) is 1. The van der Waals surface area contributed by atoms with E-state index in [2.05, 4.69) is 5.32 Å². The van der Waals surface area contributed by atoms with Gasteiger partial charge in [-0.3, -0.25) is 4.79 Å². The summed E-state index contributed by atoms with van der Waals surface area (Å²) in [6, 6.07) is 24.8. The van der Waals surface area contributed by atoms with Crippen molar-refractivity contribution in [3.05, 3.63) is 95.0 Å². The van der Waals surface area contributed by atoms with Gasteiger partial charge in [0.1, 0.15) is 10.8 Å². The minimum Gasteiger partial charge on any atom is -0.497 e. The SMILES string of the molecule is COc1cccc(C=C(NC(=O)c2ccccc2)c2nc3ccccc3s2)c1. The van der Waals surface area contributed by atoms with Crippen LogP contribution < -0.4 is 10.1 Å². The van der Waals surface area contributed by atoms with E-state index < -0.39 is 0 Å². The fourth-order valence-corrected chi connectivity index (χ4v) is 3.76. The number of para-hydroxylation sites is 1. The Labute approximate surface area is 167 Å². The summed E-state index contributed by atoms with van der Waals surface area (Å²) in [6.07, 6.45) is 1.92. The largest absolute Gasteiger partial charge is 0.497 e. The molecule has 0 fully saturated rings. The molecular weight excluding hydrogens is 368 g/mol. The number of nitrogens with one attached hydrogen (secondary N) is 1. The standard InChI is InChI=1S/C23H18N2O2S/c1-27-18-11-7-8-16(14-18)15-20(24-22(26)17-9-3-2-4-10-17)23-25-19-12-5-6-13-21(19)28-23/h2-15H,1H3,(H,24,26). The van der Waals surface area contributed by atoms with E-state index in [1.807, 2.05) is 72.8 Å². The van der Waals surface area contributed by atoms with Crippen molar-refractivity contribution in [1.29, 1.82) is 0 Å². The number of amides is 1. The first-order chi connectivity index (χ1) is 13.7. The summed E-state index contributed by atoms with van der Waals surface area (Å²) in [5, 5.41) is 3.78. The molecule has 0 bridgehead atoms. The second-order valence-electron chi connectivity index (χ2n) is 6.14. The van der Waals surface area contributed by atoms with Crippen LogP contribution in [0.4, 0.5) is 0 Å². The summed E-state index contributed by atoms with van der Waals surface area (Å²) in [4.78, 5) is 17.5. The molecule has 4 nitrogen and oxygen atoms in total. The third-order valence-corrected chi connectivity index (χ3v) is 5.28. The third-order valence-electron chi connectivity index (χ3n) is 4.21. The van der Waals surface area contributed by atoms with Gasteiger partial charge in [0.2, 0.25) is 0 Å². The number of ether oxygens (including phenoxy) is 1. The van der Waals surface area contributed by atoms with Crippen LogP contribution >= 0.6 is 11.3 Å². The van der Waals surface area contributed by atoms with E-state index in [9.17, 15) is 4.79 Å². The minimum absolute atomic E-state index is 0.172. The van der Waals surface area contributed by atoms with Gasteiger partial charge < -0.3 is 10.1 Å². The number of carbonyl (C=O) groups is 1. The van der Waals surface area contributed by atoms with Crippen LogP contribution in [0, 0.1) is 0 Å². The molecule has 0 radical (unpaired) electrons. The van der Waals surface area contributed by atoms with Crippen molar-refractivity contribution in [2.75, 3.05) is 7.11 Å². The van der Waals surface area contributed by atoms with Crippen molar-refractivity contribution in [2.24, 2.45) is 0 Å². The van der Waals surface area contributed by atoms with Crippen LogP contribution in [0.15, 0.2) is 78.9 Å². The molecule has 0 aliphatic heterocycles. The van der Waals surface area contributed by atoms with Gasteiger partial charge in [0.15, 0.2) is 0 Å².